The average molecular weight is 294 g/mol. The summed E-state index contributed by atoms with van der Waals surface area (Å²) in [6, 6.07) is 8.39. The molecule has 2 aromatic rings. The molecule has 0 aliphatic carbocycles. The smallest absolute Gasteiger partial charge is 0.0435 e. The van der Waals surface area contributed by atoms with Gasteiger partial charge in [0.2, 0.25) is 0 Å². The second kappa shape index (κ2) is 8.77. The fourth-order valence-electron chi connectivity index (χ4n) is 2.33. The van der Waals surface area contributed by atoms with Gasteiger partial charge in [0.25, 0.3) is 0 Å². The molecule has 110 valence electrons. The van der Waals surface area contributed by atoms with Crippen molar-refractivity contribution in [1.82, 2.24) is 9.88 Å². The van der Waals surface area contributed by atoms with E-state index < -0.39 is 0 Å². The van der Waals surface area contributed by atoms with Crippen LogP contribution in [0.2, 0.25) is 0 Å². The first kappa shape index (κ1) is 16.7. The van der Waals surface area contributed by atoms with Crippen molar-refractivity contribution in [3.63, 3.8) is 0 Å². The number of hydrogen-bond acceptors (Lipinski definition) is 3. The number of halogens is 1. The summed E-state index contributed by atoms with van der Waals surface area (Å²) in [5, 5.41) is 5.97. The number of pyridine rings is 1. The molecule has 0 fully saturated rings. The van der Waals surface area contributed by atoms with Crippen molar-refractivity contribution in [2.75, 3.05) is 31.5 Å². The predicted octanol–water partition coefficient (Wildman–Crippen LogP) is 3.80. The van der Waals surface area contributed by atoms with Gasteiger partial charge in [-0.2, -0.15) is 0 Å². The Morgan fingerprint density at radius 3 is 2.70 bits per heavy atom. The highest BCUT2D eigenvalue weighted by atomic mass is 35.5. The number of hydrogen-bond donors (Lipinski definition) is 1. The lowest BCUT2D eigenvalue weighted by molar-refractivity contribution is 0.303. The zero-order valence-corrected chi connectivity index (χ0v) is 13.1. The van der Waals surface area contributed by atoms with Gasteiger partial charge in [-0.3, -0.25) is 4.98 Å². The monoisotopic (exact) mass is 293 g/mol. The number of aromatic nitrogens is 1. The topological polar surface area (TPSA) is 28.2 Å². The van der Waals surface area contributed by atoms with Gasteiger partial charge in [-0.1, -0.05) is 26.0 Å². The lowest BCUT2D eigenvalue weighted by Crippen LogP contribution is -2.25. The highest BCUT2D eigenvalue weighted by Crippen LogP contribution is 2.21. The van der Waals surface area contributed by atoms with Crippen molar-refractivity contribution < 1.29 is 0 Å². The van der Waals surface area contributed by atoms with Crippen molar-refractivity contribution in [3.8, 4) is 0 Å². The summed E-state index contributed by atoms with van der Waals surface area (Å²) in [5.74, 6) is 0. The second-order valence-electron chi connectivity index (χ2n) is 4.71. The second-order valence-corrected chi connectivity index (χ2v) is 4.71. The maximum absolute atomic E-state index is 4.21. The summed E-state index contributed by atoms with van der Waals surface area (Å²) < 4.78 is 0. The lowest BCUT2D eigenvalue weighted by Gasteiger charge is -2.18. The van der Waals surface area contributed by atoms with E-state index in [4.69, 9.17) is 0 Å². The first-order chi connectivity index (χ1) is 9.35. The SMILES string of the molecule is CCN(CC)CCCNc1cccc2ccncc12.Cl. The maximum atomic E-state index is 4.21. The summed E-state index contributed by atoms with van der Waals surface area (Å²) in [6.07, 6.45) is 4.94. The average Bonchev–Trinajstić information content (AvgIpc) is 2.47. The van der Waals surface area contributed by atoms with Gasteiger partial charge in [0.15, 0.2) is 0 Å². The van der Waals surface area contributed by atoms with Crippen molar-refractivity contribution in [1.29, 1.82) is 0 Å². The van der Waals surface area contributed by atoms with Gasteiger partial charge in [0, 0.05) is 30.0 Å². The molecule has 1 aromatic carbocycles. The molecular weight excluding hydrogens is 270 g/mol. The van der Waals surface area contributed by atoms with Crippen LogP contribution in [-0.4, -0.2) is 36.1 Å². The Bertz CT molecular complexity index is 507. The zero-order valence-electron chi connectivity index (χ0n) is 12.3. The molecule has 0 spiro atoms. The zero-order chi connectivity index (χ0) is 13.5. The lowest BCUT2D eigenvalue weighted by atomic mass is 10.1. The van der Waals surface area contributed by atoms with Gasteiger partial charge >= 0.3 is 0 Å². The van der Waals surface area contributed by atoms with Crippen LogP contribution in [0.3, 0.4) is 0 Å². The quantitative estimate of drug-likeness (QED) is 0.787. The van der Waals surface area contributed by atoms with E-state index in [0.717, 1.165) is 26.2 Å². The van der Waals surface area contributed by atoms with Crippen LogP contribution in [0.15, 0.2) is 36.7 Å². The van der Waals surface area contributed by atoms with Gasteiger partial charge in [0.05, 0.1) is 0 Å². The summed E-state index contributed by atoms with van der Waals surface area (Å²) in [7, 11) is 0. The van der Waals surface area contributed by atoms with E-state index in [2.05, 4.69) is 53.3 Å². The fourth-order valence-corrected chi connectivity index (χ4v) is 2.33. The van der Waals surface area contributed by atoms with Crippen molar-refractivity contribution >= 4 is 28.9 Å². The number of anilines is 1. The van der Waals surface area contributed by atoms with Crippen LogP contribution in [0.5, 0.6) is 0 Å². The van der Waals surface area contributed by atoms with Crippen LogP contribution in [0.4, 0.5) is 5.69 Å². The molecule has 1 heterocycles. The van der Waals surface area contributed by atoms with E-state index in [1.165, 1.54) is 22.9 Å². The molecule has 0 aliphatic rings. The standard InChI is InChI=1S/C16H23N3.ClH/c1-3-19(4-2)12-6-10-18-16-8-5-7-14-9-11-17-13-15(14)16;/h5,7-9,11,13,18H,3-4,6,10,12H2,1-2H3;1H. The van der Waals surface area contributed by atoms with Crippen LogP contribution in [0.25, 0.3) is 10.8 Å². The van der Waals surface area contributed by atoms with Gasteiger partial charge < -0.3 is 10.2 Å². The van der Waals surface area contributed by atoms with Crippen LogP contribution in [0, 0.1) is 0 Å². The first-order valence-electron chi connectivity index (χ1n) is 7.14. The molecular formula is C16H24ClN3. The van der Waals surface area contributed by atoms with Crippen LogP contribution in [-0.2, 0) is 0 Å². The number of benzene rings is 1. The Labute approximate surface area is 127 Å². The third-order valence-corrected chi connectivity index (χ3v) is 3.54. The van der Waals surface area contributed by atoms with Crippen molar-refractivity contribution in [2.45, 2.75) is 20.3 Å². The minimum atomic E-state index is 0. The van der Waals surface area contributed by atoms with Crippen molar-refractivity contribution in [2.24, 2.45) is 0 Å². The molecule has 0 bridgehead atoms. The molecule has 20 heavy (non-hydrogen) atoms. The van der Waals surface area contributed by atoms with Crippen LogP contribution in [0.1, 0.15) is 20.3 Å². The highest BCUT2D eigenvalue weighted by Gasteiger charge is 2.01. The van der Waals surface area contributed by atoms with Crippen molar-refractivity contribution in [3.05, 3.63) is 36.7 Å². The number of nitrogens with zero attached hydrogens (tertiary/aromatic N) is 2. The minimum absolute atomic E-state index is 0. The summed E-state index contributed by atoms with van der Waals surface area (Å²) >= 11 is 0. The molecule has 2 rings (SSSR count). The summed E-state index contributed by atoms with van der Waals surface area (Å²) in [6.45, 7) is 8.86. The van der Waals surface area contributed by atoms with E-state index in [1.807, 2.05) is 12.4 Å². The number of nitrogens with one attached hydrogen (secondary N) is 1. The molecule has 1 aromatic heterocycles. The van der Waals surface area contributed by atoms with Gasteiger partial charge in [-0.15, -0.1) is 12.4 Å². The first-order valence-corrected chi connectivity index (χ1v) is 7.14. The molecule has 1 N–H and O–H groups in total. The van der Waals surface area contributed by atoms with Crippen LogP contribution >= 0.6 is 12.4 Å². The van der Waals surface area contributed by atoms with E-state index >= 15 is 0 Å². The molecule has 4 heteroatoms. The fraction of sp³-hybridized carbons (Fsp3) is 0.438. The van der Waals surface area contributed by atoms with Gasteiger partial charge in [-0.05, 0) is 43.6 Å². The molecule has 0 atom stereocenters. The normalized spacial score (nSPS) is 10.6. The third-order valence-electron chi connectivity index (χ3n) is 3.54. The van der Waals surface area contributed by atoms with Gasteiger partial charge in [0.1, 0.15) is 0 Å². The van der Waals surface area contributed by atoms with Gasteiger partial charge in [-0.25, -0.2) is 0 Å². The molecule has 0 saturated carbocycles. The Balaban J connectivity index is 0.00000200. The van der Waals surface area contributed by atoms with E-state index in [0.29, 0.717) is 0 Å². The van der Waals surface area contributed by atoms with E-state index in [1.54, 1.807) is 0 Å². The molecule has 0 amide bonds. The summed E-state index contributed by atoms with van der Waals surface area (Å²) in [4.78, 5) is 6.66. The summed E-state index contributed by atoms with van der Waals surface area (Å²) in [5.41, 5.74) is 1.19. The van der Waals surface area contributed by atoms with E-state index in [-0.39, 0.29) is 12.4 Å². The predicted molar refractivity (Wildman–Crippen MR) is 89.9 cm³/mol. The third kappa shape index (κ3) is 4.36. The molecule has 0 saturated heterocycles. The molecule has 0 unspecified atom stereocenters. The Hall–Kier alpha value is -1.32. The maximum Gasteiger partial charge on any atom is 0.0435 e. The Morgan fingerprint density at radius 1 is 1.15 bits per heavy atom. The largest absolute Gasteiger partial charge is 0.384 e. The number of rotatable bonds is 7. The number of fused-ring (bicyclic) bond motifs is 1. The Morgan fingerprint density at radius 2 is 1.95 bits per heavy atom. The molecule has 3 nitrogen and oxygen atoms in total. The Kier molecular flexibility index (Phi) is 7.34. The van der Waals surface area contributed by atoms with E-state index in [9.17, 15) is 0 Å². The minimum Gasteiger partial charge on any atom is -0.384 e. The molecule has 0 aliphatic heterocycles. The van der Waals surface area contributed by atoms with Crippen LogP contribution < -0.4 is 5.32 Å². The molecule has 0 radical (unpaired) electrons. The highest BCUT2D eigenvalue weighted by molar-refractivity contribution is 5.93.